The van der Waals surface area contributed by atoms with Crippen LogP contribution in [0.15, 0.2) is 0 Å². The zero-order valence-electron chi connectivity index (χ0n) is 66.6. The molecule has 5 unspecified atom stereocenters. The van der Waals surface area contributed by atoms with Crippen LogP contribution in [0.5, 0.6) is 0 Å². The molecule has 0 spiro atoms. The van der Waals surface area contributed by atoms with E-state index in [1.165, 1.54) is 44.9 Å². The number of Topliss-reactive ketones (excluding diaryl/α,β-unsaturated/α-hetero) is 1. The summed E-state index contributed by atoms with van der Waals surface area (Å²) < 4.78 is 70.5. The Hall–Kier alpha value is -5.96. The van der Waals surface area contributed by atoms with Gasteiger partial charge in [-0.05, 0) is 177 Å². The van der Waals surface area contributed by atoms with Gasteiger partial charge in [-0.1, -0.05) is 6.42 Å². The Labute approximate surface area is 643 Å². The van der Waals surface area contributed by atoms with Crippen LogP contribution in [-0.2, 0) is 82.4 Å². The topological polar surface area (TPSA) is 578 Å². The van der Waals surface area contributed by atoms with Crippen LogP contribution in [0.1, 0.15) is 64.2 Å². The van der Waals surface area contributed by atoms with Crippen LogP contribution in [0, 0.1) is 17.8 Å². The summed E-state index contributed by atoms with van der Waals surface area (Å²) in [6.45, 7) is 12.3. The van der Waals surface area contributed by atoms with Gasteiger partial charge in [-0.25, -0.2) is 0 Å². The van der Waals surface area contributed by atoms with Gasteiger partial charge in [0.25, 0.3) is 20.2 Å². The number of hydrogen-bond donors (Lipinski definition) is 15. The smallest absolute Gasteiger partial charge is 0.323 e. The molecule has 42 nitrogen and oxygen atoms in total. The Bertz CT molecular complexity index is 2700. The largest absolute Gasteiger partial charge is 0.481 e. The molecular formula is C65H133N13O29S2. The number of ether oxygens (including phenoxy) is 3. The fourth-order valence-corrected chi connectivity index (χ4v) is 10.7. The normalized spacial score (nSPS) is 21.2. The molecule has 15 N–H and O–H groups in total. The van der Waals surface area contributed by atoms with E-state index in [-0.39, 0.29) is 55.2 Å². The maximum atomic E-state index is 10.6. The Balaban J connectivity index is -0.000000359. The second kappa shape index (κ2) is 64.5. The van der Waals surface area contributed by atoms with Crippen LogP contribution in [0.3, 0.4) is 0 Å². The van der Waals surface area contributed by atoms with Gasteiger partial charge in [0, 0.05) is 72.3 Å². The number of aliphatic hydroxyl groups excluding tert-OH is 1. The van der Waals surface area contributed by atoms with Crippen molar-refractivity contribution in [3.8, 4) is 0 Å². The molecule has 0 bridgehead atoms. The van der Waals surface area contributed by atoms with Crippen LogP contribution in [0.4, 0.5) is 0 Å². The molecule has 5 atom stereocenters. The summed E-state index contributed by atoms with van der Waals surface area (Å²) in [5.74, 6) is -7.46. The van der Waals surface area contributed by atoms with Crippen LogP contribution >= 0.6 is 0 Å². The second-order valence-corrected chi connectivity index (χ2v) is 29.9. The number of carbonyl (C=O) groups excluding carboxylic acids is 1. The zero-order valence-corrected chi connectivity index (χ0v) is 68.3. The SMILES string of the molecule is CN(C)CC(=O)O.CN(C)CS(=O)(=O)O.CN1CC(C(=O)O)C1.CN1CCC(=O)CC1.CN1CCC(C(=O)O)C1.CN1CCC(C(=O)O)CC1.CN1CCCCC1C(=O)O.CN1CCOCC1C(=O)O.CN1COCC1C(=O)O.CNC(CO)C(=O)O.CNCC(=O)O.CNCS(=O)(=O)O.COC1CCN(C)CC1. The number of carboxylic acid groups (broad SMARTS) is 9. The lowest BCUT2D eigenvalue weighted by Gasteiger charge is -2.32. The average Bonchev–Trinajstić information content (AvgIpc) is 1.75. The minimum absolute atomic E-state index is 0.0417. The molecule has 0 radical (unpaired) electrons. The van der Waals surface area contributed by atoms with Gasteiger partial charge in [-0.2, -0.15) is 16.8 Å². The summed E-state index contributed by atoms with van der Waals surface area (Å²) >= 11 is 0. The van der Waals surface area contributed by atoms with Crippen molar-refractivity contribution in [2.24, 2.45) is 17.8 Å². The fourth-order valence-electron chi connectivity index (χ4n) is 9.68. The van der Waals surface area contributed by atoms with Crippen LogP contribution in [0.2, 0.25) is 0 Å². The molecule has 8 aliphatic rings. The second-order valence-electron chi connectivity index (χ2n) is 27.0. The van der Waals surface area contributed by atoms with Gasteiger partial charge in [-0.15, -0.1) is 0 Å². The van der Waals surface area contributed by atoms with E-state index in [1.807, 2.05) is 49.9 Å². The summed E-state index contributed by atoms with van der Waals surface area (Å²) in [5, 5.41) is 90.6. The number of carboxylic acids is 9. The van der Waals surface area contributed by atoms with Gasteiger partial charge in [0.05, 0.1) is 70.1 Å². The summed E-state index contributed by atoms with van der Waals surface area (Å²) in [6, 6.07) is -1.94. The standard InChI is InChI=1S/2C7H13NO2.C7H15NO.C6H11NO3.C6H11NO2.C6H11NO.C5H9NO3.C5H9NO2.C4H9NO3.C4H9NO2.C3H9NO3S.C3H7NO2.C2H7NO3S/c1-8-4-2-6(3-5-8)7(9)10;1-8-5-3-2-4-6(8)7(9)10;1-8-5-3-7(9-2)4-6-8;1-7-2-3-10-4-5(7)6(8)9;1-7-3-2-5(4-7)6(8)9;1-7-4-2-6(8)3-5-7;1-6-3-9-2-4(6)5(7)8;1-6-2-4(3-6)5(7)8;1-5-3(2-6)4(7)8;1-5(2)3-4(6)7;1-4(2)3-8(5,6)7;1-4-2-3(5)6;1-3-2-7(4,5)6/h2*6H,2-5H2,1H3,(H,9,10);7H,3-6H2,1-2H3;5H,2-4H2,1H3,(H,8,9);5H,2-4H2,1H3,(H,8,9);2-5H2,1H3;4H,2-3H2,1H3,(H,7,8);4H,2-3H2,1H3,(H,7,8);3,5-6H,2H2,1H3,(H,7,8);3H2,1-2H3,(H,6,7);3H2,1-2H3,(H,5,6,7);4H,2H2,1H3,(H,5,6);3H,2H2,1H3,(H,4,5,6). The first-order valence-corrected chi connectivity index (χ1v) is 38.2. The minimum atomic E-state index is -3.80. The number of carbonyl (C=O) groups is 10. The van der Waals surface area contributed by atoms with Gasteiger partial charge < -0.3 is 106 Å². The number of ketones is 1. The van der Waals surface area contributed by atoms with Crippen LogP contribution < -0.4 is 16.0 Å². The number of aliphatic hydroxyl groups is 1. The van der Waals surface area contributed by atoms with Gasteiger partial charge in [-0.3, -0.25) is 81.6 Å². The molecule has 8 fully saturated rings. The van der Waals surface area contributed by atoms with E-state index < -0.39 is 92.1 Å². The summed E-state index contributed by atoms with van der Waals surface area (Å²) in [5.41, 5.74) is 0. The number of likely N-dealkylation sites (tertiary alicyclic amines) is 6. The summed E-state index contributed by atoms with van der Waals surface area (Å²) in [7, 11) is 20.8. The van der Waals surface area contributed by atoms with Crippen molar-refractivity contribution in [2.75, 3.05) is 249 Å². The monoisotopic (exact) mass is 1620 g/mol. The fraction of sp³-hybridized carbons (Fsp3) is 0.846. The molecule has 8 aliphatic heterocycles. The Morgan fingerprint density at radius 2 is 0.927 bits per heavy atom. The number of morpholine rings is 1. The van der Waals surface area contributed by atoms with Crippen molar-refractivity contribution in [2.45, 2.75) is 94.5 Å². The average molecular weight is 1620 g/mol. The number of nitrogens with zero attached hydrogens (tertiary/aromatic N) is 10. The lowest BCUT2D eigenvalue weighted by Crippen LogP contribution is -2.47. The van der Waals surface area contributed by atoms with E-state index in [0.717, 1.165) is 110 Å². The van der Waals surface area contributed by atoms with Crippen molar-refractivity contribution in [3.05, 3.63) is 0 Å². The minimum Gasteiger partial charge on any atom is -0.481 e. The van der Waals surface area contributed by atoms with Gasteiger partial charge in [0.2, 0.25) is 0 Å². The molecule has 8 rings (SSSR count). The number of nitrogens with one attached hydrogen (secondary N) is 3. The Morgan fingerprint density at radius 3 is 1.14 bits per heavy atom. The van der Waals surface area contributed by atoms with Crippen molar-refractivity contribution >= 4 is 79.7 Å². The third-order valence-corrected chi connectivity index (χ3v) is 17.7. The molecule has 644 valence electrons. The first-order chi connectivity index (χ1) is 50.4. The number of rotatable bonds is 18. The van der Waals surface area contributed by atoms with Crippen molar-refractivity contribution < 1.29 is 139 Å². The number of aliphatic carboxylic acids is 9. The molecule has 0 amide bonds. The van der Waals surface area contributed by atoms with E-state index in [9.17, 15) is 64.8 Å². The molecule has 0 aromatic heterocycles. The number of piperidine rings is 4. The van der Waals surface area contributed by atoms with Gasteiger partial charge in [0.15, 0.2) is 0 Å². The third kappa shape index (κ3) is 67.5. The number of likely N-dealkylation sites (N-methyl/N-ethyl adjacent to an activating group) is 6. The first kappa shape index (κ1) is 112. The summed E-state index contributed by atoms with van der Waals surface area (Å²) in [4.78, 5) is 121. The maximum absolute atomic E-state index is 10.6. The van der Waals surface area contributed by atoms with Crippen LogP contribution in [0.25, 0.3) is 0 Å². The molecule has 0 aromatic carbocycles. The van der Waals surface area contributed by atoms with Gasteiger partial charge in [0.1, 0.15) is 41.7 Å². The van der Waals surface area contributed by atoms with E-state index in [0.29, 0.717) is 45.0 Å². The lowest BCUT2D eigenvalue weighted by molar-refractivity contribution is -0.149. The molecule has 0 aliphatic carbocycles. The van der Waals surface area contributed by atoms with Crippen molar-refractivity contribution in [3.63, 3.8) is 0 Å². The Kier molecular flexibility index (Phi) is 66.1. The highest BCUT2D eigenvalue weighted by atomic mass is 32.2. The van der Waals surface area contributed by atoms with Crippen molar-refractivity contribution in [1.82, 2.24) is 64.9 Å². The van der Waals surface area contributed by atoms with Crippen LogP contribution in [-0.4, -0.2) is 465 Å². The molecule has 8 heterocycles. The molecule has 0 saturated carbocycles. The van der Waals surface area contributed by atoms with E-state index >= 15 is 0 Å². The van der Waals surface area contributed by atoms with E-state index in [2.05, 4.69) is 37.7 Å². The molecule has 109 heavy (non-hydrogen) atoms. The highest BCUT2D eigenvalue weighted by Gasteiger charge is 2.31. The predicted molar refractivity (Wildman–Crippen MR) is 403 cm³/mol. The zero-order chi connectivity index (χ0) is 85.3. The molecule has 0 aromatic rings. The van der Waals surface area contributed by atoms with E-state index in [4.69, 9.17) is 74.4 Å². The summed E-state index contributed by atoms with van der Waals surface area (Å²) in [6.07, 6.45) is 9.89. The molecule has 44 heteroatoms. The Morgan fingerprint density at radius 1 is 0.495 bits per heavy atom. The van der Waals surface area contributed by atoms with E-state index in [1.54, 1.807) is 71.1 Å². The predicted octanol–water partition coefficient (Wildman–Crippen LogP) is -3.59. The lowest BCUT2D eigenvalue weighted by atomic mass is 9.98. The highest BCUT2D eigenvalue weighted by Crippen LogP contribution is 2.17. The van der Waals surface area contributed by atoms with Gasteiger partial charge >= 0.3 is 53.7 Å². The quantitative estimate of drug-likeness (QED) is 0.0590. The number of methoxy groups -OCH3 is 1. The maximum Gasteiger partial charge on any atom is 0.323 e. The highest BCUT2D eigenvalue weighted by molar-refractivity contribution is 7.85. The van der Waals surface area contributed by atoms with Crippen molar-refractivity contribution in [1.29, 1.82) is 0 Å². The molecular weight excluding hydrogens is 1490 g/mol. The molecule has 8 saturated heterocycles. The third-order valence-electron chi connectivity index (χ3n) is 16.2. The first-order valence-electron chi connectivity index (χ1n) is 35.0. The number of hydrogen-bond acceptors (Lipinski definition) is 31.